The molecule has 1 saturated carbocycles. The van der Waals surface area contributed by atoms with Gasteiger partial charge in [-0.05, 0) is 80.9 Å². The van der Waals surface area contributed by atoms with Gasteiger partial charge in [-0.2, -0.15) is 0 Å². The zero-order valence-electron chi connectivity index (χ0n) is 20.1. The summed E-state index contributed by atoms with van der Waals surface area (Å²) in [4.78, 5) is 14.5. The molecule has 0 radical (unpaired) electrons. The number of hydrogen-bond donors (Lipinski definition) is 2. The molecule has 1 saturated heterocycles. The number of fused-ring (bicyclic) bond motifs is 5. The van der Waals surface area contributed by atoms with Crippen LogP contribution in [0, 0.1) is 6.92 Å². The van der Waals surface area contributed by atoms with Crippen LogP contribution in [0.25, 0.3) is 22.2 Å². The van der Waals surface area contributed by atoms with Crippen molar-refractivity contribution >= 4 is 22.6 Å². The minimum Gasteiger partial charge on any atom is -0.478 e. The van der Waals surface area contributed by atoms with Crippen molar-refractivity contribution in [1.29, 1.82) is 0 Å². The number of aromatic nitrogens is 1. The Kier molecular flexibility index (Phi) is 5.60. The predicted octanol–water partition coefficient (Wildman–Crippen LogP) is 5.93. The molecule has 2 fully saturated rings. The number of nitrogens with zero attached hydrogens (tertiary/aromatic N) is 2. The maximum absolute atomic E-state index is 11.9. The van der Waals surface area contributed by atoms with E-state index in [0.717, 1.165) is 31.7 Å². The molecule has 2 aliphatic heterocycles. The van der Waals surface area contributed by atoms with E-state index in [1.165, 1.54) is 78.4 Å². The average Bonchev–Trinajstić information content (AvgIpc) is 3.09. The summed E-state index contributed by atoms with van der Waals surface area (Å²) in [5.74, 6) is -0.305. The normalized spacial score (nSPS) is 19.6. The van der Waals surface area contributed by atoms with Crippen LogP contribution in [0.4, 0.5) is 5.69 Å². The smallest absolute Gasteiger partial charge is 0.335 e. The third-order valence-corrected chi connectivity index (χ3v) is 8.40. The van der Waals surface area contributed by atoms with Crippen molar-refractivity contribution in [2.45, 2.75) is 70.4 Å². The van der Waals surface area contributed by atoms with Crippen LogP contribution in [0.2, 0.25) is 0 Å². The summed E-state index contributed by atoms with van der Waals surface area (Å²) in [6.45, 7) is 6.20. The average molecular weight is 458 g/mol. The van der Waals surface area contributed by atoms with E-state index in [1.807, 2.05) is 6.07 Å². The van der Waals surface area contributed by atoms with Gasteiger partial charge in [0, 0.05) is 41.3 Å². The lowest BCUT2D eigenvalue weighted by atomic mass is 9.81. The molecular weight excluding hydrogens is 422 g/mol. The van der Waals surface area contributed by atoms with Gasteiger partial charge < -0.3 is 19.9 Å². The lowest BCUT2D eigenvalue weighted by molar-refractivity contribution is 0.0697. The Hall–Kier alpha value is -2.79. The van der Waals surface area contributed by atoms with E-state index in [1.54, 1.807) is 6.07 Å². The topological polar surface area (TPSA) is 57.5 Å². The van der Waals surface area contributed by atoms with Crippen LogP contribution in [0.1, 0.15) is 72.3 Å². The second kappa shape index (κ2) is 8.77. The van der Waals surface area contributed by atoms with Gasteiger partial charge in [-0.1, -0.05) is 37.5 Å². The zero-order valence-corrected chi connectivity index (χ0v) is 20.1. The molecule has 2 N–H and O–H groups in total. The minimum atomic E-state index is -0.849. The number of piperidine rings is 1. The van der Waals surface area contributed by atoms with Crippen LogP contribution in [0.15, 0.2) is 36.4 Å². The van der Waals surface area contributed by atoms with E-state index in [2.05, 4.69) is 46.0 Å². The van der Waals surface area contributed by atoms with Crippen LogP contribution in [0.5, 0.6) is 0 Å². The molecule has 34 heavy (non-hydrogen) atoms. The maximum Gasteiger partial charge on any atom is 0.335 e. The van der Waals surface area contributed by atoms with Crippen molar-refractivity contribution in [2.24, 2.45) is 0 Å². The van der Waals surface area contributed by atoms with Crippen molar-refractivity contribution in [3.8, 4) is 11.3 Å². The maximum atomic E-state index is 11.9. The summed E-state index contributed by atoms with van der Waals surface area (Å²) in [5.41, 5.74) is 8.27. The third kappa shape index (κ3) is 3.61. The summed E-state index contributed by atoms with van der Waals surface area (Å²) >= 11 is 0. The SMILES string of the molecule is Cc1ccc2c(c1)N(C1CCNCC1)CCn1c-2c(C2CCCCC2)c2ccc(C(=O)O)cc21. The van der Waals surface area contributed by atoms with E-state index < -0.39 is 5.97 Å². The molecule has 0 atom stereocenters. The molecule has 5 nitrogen and oxygen atoms in total. The Morgan fingerprint density at radius 1 is 0.971 bits per heavy atom. The first-order chi connectivity index (χ1) is 16.6. The molecule has 0 bridgehead atoms. The summed E-state index contributed by atoms with van der Waals surface area (Å²) in [6, 6.07) is 13.3. The van der Waals surface area contributed by atoms with Gasteiger partial charge in [-0.25, -0.2) is 4.79 Å². The van der Waals surface area contributed by atoms with E-state index in [0.29, 0.717) is 17.5 Å². The van der Waals surface area contributed by atoms with Crippen LogP contribution >= 0.6 is 0 Å². The van der Waals surface area contributed by atoms with E-state index >= 15 is 0 Å². The number of carboxylic acid groups (broad SMARTS) is 1. The van der Waals surface area contributed by atoms with Gasteiger partial charge in [0.1, 0.15) is 0 Å². The zero-order chi connectivity index (χ0) is 23.2. The van der Waals surface area contributed by atoms with Gasteiger partial charge in [0.15, 0.2) is 0 Å². The van der Waals surface area contributed by atoms with Gasteiger partial charge in [-0.15, -0.1) is 0 Å². The first-order valence-corrected chi connectivity index (χ1v) is 13.1. The van der Waals surface area contributed by atoms with Crippen molar-refractivity contribution in [1.82, 2.24) is 9.88 Å². The molecule has 0 unspecified atom stereocenters. The standard InChI is InChI=1S/C29H35N3O2/c1-19-7-9-24-25(17-19)31(22-11-13-30-14-12-22)15-16-32-26-18-21(29(33)34)8-10-23(26)27(28(24)32)20-5-3-2-4-6-20/h7-10,17-18,20,22,30H,2-6,11-16H2,1H3,(H,33,34). The Labute approximate surface area is 201 Å². The van der Waals surface area contributed by atoms with Crippen LogP contribution in [-0.2, 0) is 6.54 Å². The number of aromatic carboxylic acids is 1. The Balaban J connectivity index is 1.60. The Bertz CT molecular complexity index is 1230. The van der Waals surface area contributed by atoms with E-state index in [4.69, 9.17) is 0 Å². The molecule has 3 aromatic rings. The van der Waals surface area contributed by atoms with Gasteiger partial charge in [0.05, 0.1) is 11.3 Å². The fraction of sp³-hybridized carbons (Fsp3) is 0.483. The molecule has 3 heterocycles. The number of anilines is 1. The molecule has 5 heteroatoms. The van der Waals surface area contributed by atoms with Crippen LogP contribution in [-0.4, -0.2) is 41.3 Å². The Morgan fingerprint density at radius 2 is 1.76 bits per heavy atom. The first-order valence-electron chi connectivity index (χ1n) is 13.1. The summed E-state index contributed by atoms with van der Waals surface area (Å²) < 4.78 is 2.46. The second-order valence-electron chi connectivity index (χ2n) is 10.5. The molecule has 6 rings (SSSR count). The number of aryl methyl sites for hydroxylation is 1. The number of hydrogen-bond acceptors (Lipinski definition) is 3. The molecule has 3 aliphatic rings. The van der Waals surface area contributed by atoms with Crippen LogP contribution < -0.4 is 10.2 Å². The van der Waals surface area contributed by atoms with Crippen molar-refractivity contribution in [3.63, 3.8) is 0 Å². The fourth-order valence-corrected chi connectivity index (χ4v) is 6.74. The molecule has 1 aliphatic carbocycles. The fourth-order valence-electron chi connectivity index (χ4n) is 6.74. The highest BCUT2D eigenvalue weighted by Crippen LogP contribution is 2.48. The highest BCUT2D eigenvalue weighted by molar-refractivity contribution is 5.99. The number of benzene rings is 2. The molecule has 2 aromatic carbocycles. The molecular formula is C29H35N3O2. The lowest BCUT2D eigenvalue weighted by Crippen LogP contribution is -2.44. The Morgan fingerprint density at radius 3 is 2.53 bits per heavy atom. The molecule has 0 amide bonds. The summed E-state index contributed by atoms with van der Waals surface area (Å²) in [5, 5.41) is 14.5. The van der Waals surface area contributed by atoms with Gasteiger partial charge in [-0.3, -0.25) is 0 Å². The van der Waals surface area contributed by atoms with Crippen molar-refractivity contribution in [2.75, 3.05) is 24.5 Å². The van der Waals surface area contributed by atoms with Gasteiger partial charge in [0.2, 0.25) is 0 Å². The quantitative estimate of drug-likeness (QED) is 0.511. The minimum absolute atomic E-state index is 0.381. The molecule has 1 aromatic heterocycles. The number of nitrogens with one attached hydrogen (secondary N) is 1. The molecule has 0 spiro atoms. The highest BCUT2D eigenvalue weighted by Gasteiger charge is 2.32. The van der Waals surface area contributed by atoms with E-state index in [9.17, 15) is 9.90 Å². The lowest BCUT2D eigenvalue weighted by Gasteiger charge is -2.36. The third-order valence-electron chi connectivity index (χ3n) is 8.40. The largest absolute Gasteiger partial charge is 0.478 e. The van der Waals surface area contributed by atoms with Gasteiger partial charge in [0.25, 0.3) is 0 Å². The summed E-state index contributed by atoms with van der Waals surface area (Å²) in [7, 11) is 0. The van der Waals surface area contributed by atoms with E-state index in [-0.39, 0.29) is 0 Å². The van der Waals surface area contributed by atoms with Crippen LogP contribution in [0.3, 0.4) is 0 Å². The number of rotatable bonds is 3. The summed E-state index contributed by atoms with van der Waals surface area (Å²) in [6.07, 6.45) is 8.69. The number of carboxylic acids is 1. The molecule has 178 valence electrons. The predicted molar refractivity (Wildman–Crippen MR) is 138 cm³/mol. The monoisotopic (exact) mass is 457 g/mol. The first kappa shape index (κ1) is 21.7. The highest BCUT2D eigenvalue weighted by atomic mass is 16.4. The second-order valence-corrected chi connectivity index (χ2v) is 10.5. The van der Waals surface area contributed by atoms with Gasteiger partial charge >= 0.3 is 5.97 Å². The number of carbonyl (C=O) groups is 1. The van der Waals surface area contributed by atoms with Crippen molar-refractivity contribution < 1.29 is 9.90 Å². The van der Waals surface area contributed by atoms with Crippen molar-refractivity contribution in [3.05, 3.63) is 53.1 Å².